The minimum atomic E-state index is -1.15. The number of aromatic nitrogens is 3. The smallest absolute Gasteiger partial charge is 0.870 e. The zero-order valence-electron chi connectivity index (χ0n) is 56.0. The van der Waals surface area contributed by atoms with E-state index in [2.05, 4.69) is 36.2 Å². The van der Waals surface area contributed by atoms with E-state index in [4.69, 9.17) is 56.8 Å². The van der Waals surface area contributed by atoms with Gasteiger partial charge in [0.15, 0.2) is 11.5 Å². The van der Waals surface area contributed by atoms with Crippen LogP contribution in [-0.2, 0) is 54.0 Å². The van der Waals surface area contributed by atoms with E-state index in [9.17, 15) is 29.7 Å². The average Bonchev–Trinajstić information content (AvgIpc) is 0.835. The Bertz CT molecular complexity index is 3400. The summed E-state index contributed by atoms with van der Waals surface area (Å²) in [6, 6.07) is 23.3. The van der Waals surface area contributed by atoms with E-state index in [1.54, 1.807) is 88.1 Å². The minimum Gasteiger partial charge on any atom is -0.870 e. The first-order chi connectivity index (χ1) is 47.5. The van der Waals surface area contributed by atoms with E-state index in [1.807, 2.05) is 0 Å². The van der Waals surface area contributed by atoms with Gasteiger partial charge in [-0.2, -0.15) is 0 Å². The van der Waals surface area contributed by atoms with Crippen molar-refractivity contribution in [1.82, 2.24) is 36.2 Å². The van der Waals surface area contributed by atoms with Crippen molar-refractivity contribution in [2.75, 3.05) is 160 Å². The van der Waals surface area contributed by atoms with E-state index in [-0.39, 0.29) is 176 Å². The van der Waals surface area contributed by atoms with Crippen LogP contribution < -0.4 is 50.8 Å². The summed E-state index contributed by atoms with van der Waals surface area (Å²) in [5.41, 5.74) is -0.219. The van der Waals surface area contributed by atoms with Crippen LogP contribution in [0, 0.1) is 45.4 Å². The summed E-state index contributed by atoms with van der Waals surface area (Å²) in [6.45, 7) is 5.81. The molecule has 4 N–H and O–H groups in total. The Labute approximate surface area is 603 Å². The molecule has 0 saturated carbocycles. The molecule has 4 amide bonds. The van der Waals surface area contributed by atoms with Crippen molar-refractivity contribution in [3.05, 3.63) is 126 Å². The second kappa shape index (κ2) is 45.4. The second-order valence-electron chi connectivity index (χ2n) is 22.4. The van der Waals surface area contributed by atoms with Crippen LogP contribution in [-0.4, -0.2) is 198 Å². The number of carbonyl (C=O) groups is 4. The number of amides is 4. The molecule has 4 aromatic carbocycles. The summed E-state index contributed by atoms with van der Waals surface area (Å²) >= 11 is 0. The molecule has 27 heteroatoms. The molecule has 0 aliphatic rings. The zero-order chi connectivity index (χ0) is 68.7. The molecule has 0 aliphatic carbocycles. The third kappa shape index (κ3) is 25.8. The van der Waals surface area contributed by atoms with Crippen LogP contribution in [0.25, 0.3) is 32.7 Å². The molecule has 0 aliphatic heterocycles. The second-order valence-corrected chi connectivity index (χ2v) is 22.4. The third-order valence-electron chi connectivity index (χ3n) is 15.6. The van der Waals surface area contributed by atoms with Gasteiger partial charge in [0.1, 0.15) is 19.8 Å². The number of hydrogen-bond donors (Lipinski definition) is 4. The molecule has 1 radical (unpaired) electrons. The fraction of sp³-hybridized carbons (Fsp3) is 0.479. The minimum absolute atomic E-state index is 0. The Kier molecular flexibility index (Phi) is 37.0. The first-order valence-electron chi connectivity index (χ1n) is 32.7. The first-order valence-corrected chi connectivity index (χ1v) is 32.7. The standard InChI is InChI=1S/C71H93N7O19.Gd/c1-86-30-33-89-36-39-92-42-45-95-58-48-51(49-59(96-46-43-93-40-37-90-34-31-87-2)66(58)97-47-44-94-41-38-91-35-32-88-3)50-78-70(85)71(23-11-29-77-69(84)57-20-17-54-14-10-28-74-62(54)65(57)81,21-4-6-24-75-67(82)55-18-15-52-12-8-26-72-60(52)63(55)79)22-5-7-25-76-68(83)56-19-16-53-13-9-27-73-61(53)64(56)80;/h8-10,12-20,26-28,48-49,79-81H,4-7,11,21-25,29-47,50H2,1-3H3,(H,75,82)(H,76,83)(H,77,84)(H,78,85);/q;+3/p-3. The number of rotatable bonds is 50. The number of carbonyl (C=O) groups excluding carboxylic acids is 4. The predicted molar refractivity (Wildman–Crippen MR) is 355 cm³/mol. The van der Waals surface area contributed by atoms with Gasteiger partial charge in [-0.05, 0) is 109 Å². The molecule has 0 unspecified atom stereocenters. The van der Waals surface area contributed by atoms with E-state index >= 15 is 4.79 Å². The summed E-state index contributed by atoms with van der Waals surface area (Å²) in [6.07, 6.45) is 7.22. The monoisotopic (exact) mass is 1500 g/mol. The van der Waals surface area contributed by atoms with Crippen molar-refractivity contribution in [2.24, 2.45) is 5.41 Å². The third-order valence-corrected chi connectivity index (χ3v) is 15.6. The Morgan fingerprint density at radius 3 is 1.09 bits per heavy atom. The van der Waals surface area contributed by atoms with Crippen molar-refractivity contribution in [2.45, 2.75) is 57.9 Å². The summed E-state index contributed by atoms with van der Waals surface area (Å²) in [4.78, 5) is 69.0. The van der Waals surface area contributed by atoms with Crippen LogP contribution in [0.5, 0.6) is 34.5 Å². The molecule has 0 fully saturated rings. The van der Waals surface area contributed by atoms with Crippen LogP contribution in [0.3, 0.4) is 0 Å². The fourth-order valence-electron chi connectivity index (χ4n) is 10.6. The zero-order valence-corrected chi connectivity index (χ0v) is 58.2. The number of methoxy groups -OCH3 is 3. The molecule has 3 heterocycles. The van der Waals surface area contributed by atoms with Gasteiger partial charge in [-0.3, -0.25) is 34.1 Å². The molecule has 0 atom stereocenters. The Balaban J connectivity index is 0.0000152. The van der Waals surface area contributed by atoms with Gasteiger partial charge in [0.05, 0.1) is 116 Å². The maximum atomic E-state index is 15.6. The van der Waals surface area contributed by atoms with Gasteiger partial charge in [0.25, 0.3) is 17.7 Å². The number of benzene rings is 4. The molecule has 26 nitrogen and oxygen atoms in total. The van der Waals surface area contributed by atoms with Crippen LogP contribution in [0.1, 0.15) is 88.0 Å². The molecular formula is C71H90GdN7O19. The van der Waals surface area contributed by atoms with E-state index < -0.39 is 40.4 Å². The number of unbranched alkanes of at least 4 members (excludes halogenated alkanes) is 2. The topological polar surface area (TPSA) is 335 Å². The molecule has 3 aromatic heterocycles. The van der Waals surface area contributed by atoms with Gasteiger partial charge >= 0.3 is 39.9 Å². The number of nitrogens with one attached hydrogen (secondary N) is 4. The fourth-order valence-corrected chi connectivity index (χ4v) is 10.6. The largest absolute Gasteiger partial charge is 3.00 e. The molecule has 531 valence electrons. The van der Waals surface area contributed by atoms with Crippen LogP contribution in [0.4, 0.5) is 0 Å². The van der Waals surface area contributed by atoms with Gasteiger partial charge in [-0.25, -0.2) is 0 Å². The molecule has 7 rings (SSSR count). The van der Waals surface area contributed by atoms with Crippen molar-refractivity contribution >= 4 is 56.3 Å². The summed E-state index contributed by atoms with van der Waals surface area (Å²) < 4.78 is 68.6. The Morgan fingerprint density at radius 1 is 0.398 bits per heavy atom. The number of ether oxygens (including phenoxy) is 12. The van der Waals surface area contributed by atoms with Crippen molar-refractivity contribution < 1.29 is 131 Å². The number of fused-ring (bicyclic) bond motifs is 3. The molecular weight excluding hydrogens is 1410 g/mol. The summed E-state index contributed by atoms with van der Waals surface area (Å²) in [5, 5.41) is 53.9. The average molecular weight is 1500 g/mol. The molecule has 98 heavy (non-hydrogen) atoms. The summed E-state index contributed by atoms with van der Waals surface area (Å²) in [7, 11) is 4.79. The number of pyridine rings is 3. The quantitative estimate of drug-likeness (QED) is 0.0330. The first kappa shape index (κ1) is 79.7. The van der Waals surface area contributed by atoms with Crippen molar-refractivity contribution in [1.29, 1.82) is 0 Å². The van der Waals surface area contributed by atoms with Gasteiger partial charge < -0.3 is 93.4 Å². The number of hydrogen-bond acceptors (Lipinski definition) is 22. The Morgan fingerprint density at radius 2 is 0.724 bits per heavy atom. The van der Waals surface area contributed by atoms with Gasteiger partial charge in [0.2, 0.25) is 11.7 Å². The van der Waals surface area contributed by atoms with Crippen LogP contribution in [0.2, 0.25) is 0 Å². The molecule has 7 aromatic rings. The maximum Gasteiger partial charge on any atom is 3.00 e. The van der Waals surface area contributed by atoms with E-state index in [0.29, 0.717) is 138 Å². The van der Waals surface area contributed by atoms with Gasteiger partial charge in [-0.1, -0.05) is 66.5 Å². The predicted octanol–water partition coefficient (Wildman–Crippen LogP) is 5.74. The van der Waals surface area contributed by atoms with Crippen molar-refractivity contribution in [3.8, 4) is 34.5 Å². The molecule has 0 saturated heterocycles. The van der Waals surface area contributed by atoms with Crippen LogP contribution in [0.15, 0.2) is 104 Å². The molecule has 0 bridgehead atoms. The number of nitrogens with zero attached hydrogens (tertiary/aromatic N) is 3. The maximum absolute atomic E-state index is 15.6. The summed E-state index contributed by atoms with van der Waals surface area (Å²) in [5.74, 6) is -2.68. The van der Waals surface area contributed by atoms with Gasteiger partial charge in [-0.15, -0.1) is 0 Å². The van der Waals surface area contributed by atoms with E-state index in [1.165, 1.54) is 36.8 Å². The van der Waals surface area contributed by atoms with Gasteiger partial charge in [0, 0.05) is 88.2 Å². The normalized spacial score (nSPS) is 11.4. The van der Waals surface area contributed by atoms with Crippen LogP contribution >= 0.6 is 0 Å². The van der Waals surface area contributed by atoms with E-state index in [0.717, 1.165) is 0 Å². The SMILES string of the molecule is COCCOCCOCCOc1cc(CNC(=O)C(CCCCNC(=O)c2ccc3cccnc3c2[O-])(CCCCNC(=O)c2ccc3cccnc3c2[O-])CCCNC(=O)c2ccc3cccnc3c2[O-])cc(OCCOCCOCCOC)c1OCCOCCOCCOC.[Gd+3]. The Hall–Kier alpha value is -7.25. The van der Waals surface area contributed by atoms with Crippen molar-refractivity contribution in [3.63, 3.8) is 0 Å². The molecule has 0 spiro atoms.